The van der Waals surface area contributed by atoms with E-state index in [1.165, 1.54) is 24.8 Å². The highest BCUT2D eigenvalue weighted by atomic mass is 35.5. The van der Waals surface area contributed by atoms with Crippen molar-refractivity contribution < 1.29 is 4.74 Å². The van der Waals surface area contributed by atoms with Gasteiger partial charge in [-0.05, 0) is 61.4 Å². The van der Waals surface area contributed by atoms with Gasteiger partial charge in [0.05, 0.1) is 17.0 Å². The summed E-state index contributed by atoms with van der Waals surface area (Å²) < 4.78 is 6.08. The highest BCUT2D eigenvalue weighted by Crippen LogP contribution is 2.35. The summed E-state index contributed by atoms with van der Waals surface area (Å²) >= 11 is 6.45. The highest BCUT2D eigenvalue weighted by molar-refractivity contribution is 6.33. The molecule has 1 aliphatic heterocycles. The van der Waals surface area contributed by atoms with Crippen molar-refractivity contribution in [2.45, 2.75) is 46.0 Å². The molecule has 1 heterocycles. The van der Waals surface area contributed by atoms with Gasteiger partial charge in [-0.2, -0.15) is 0 Å². The zero-order valence-corrected chi connectivity index (χ0v) is 16.6. The number of aryl methyl sites for hydroxylation is 1. The highest BCUT2D eigenvalue weighted by Gasteiger charge is 2.10. The van der Waals surface area contributed by atoms with E-state index in [2.05, 4.69) is 35.9 Å². The minimum Gasteiger partial charge on any atom is -0.457 e. The van der Waals surface area contributed by atoms with Crippen LogP contribution in [-0.4, -0.2) is 24.3 Å². The van der Waals surface area contributed by atoms with Crippen LogP contribution in [0.5, 0.6) is 11.5 Å². The second kappa shape index (κ2) is 8.59. The van der Waals surface area contributed by atoms with Crippen molar-refractivity contribution in [3.05, 3.63) is 52.5 Å². The lowest BCUT2D eigenvalue weighted by Crippen LogP contribution is -2.27. The zero-order chi connectivity index (χ0) is 18.5. The molecule has 0 radical (unpaired) electrons. The molecule has 4 heteroatoms. The number of ether oxygens (including phenoxy) is 1. The molecule has 0 atom stereocenters. The van der Waals surface area contributed by atoms with Crippen molar-refractivity contribution >= 4 is 23.6 Å². The summed E-state index contributed by atoms with van der Waals surface area (Å²) in [5.74, 6) is 2.07. The van der Waals surface area contributed by atoms with Crippen LogP contribution in [0.2, 0.25) is 5.02 Å². The van der Waals surface area contributed by atoms with Gasteiger partial charge in [-0.25, -0.2) is 4.99 Å². The number of piperidine rings is 1. The van der Waals surface area contributed by atoms with Gasteiger partial charge in [0, 0.05) is 19.2 Å². The largest absolute Gasteiger partial charge is 0.457 e. The van der Waals surface area contributed by atoms with E-state index in [1.807, 2.05) is 37.5 Å². The van der Waals surface area contributed by atoms with E-state index in [0.717, 1.165) is 35.8 Å². The lowest BCUT2D eigenvalue weighted by atomic mass is 10.0. The number of rotatable bonds is 5. The first-order valence-electron chi connectivity index (χ1n) is 9.39. The lowest BCUT2D eigenvalue weighted by Gasteiger charge is -2.23. The number of aliphatic imine (C=N–C) groups is 1. The molecule has 0 spiro atoms. The number of nitrogens with zero attached hydrogens (tertiary/aromatic N) is 2. The molecule has 0 N–H and O–H groups in total. The van der Waals surface area contributed by atoms with Crippen LogP contribution in [-0.2, 0) is 0 Å². The van der Waals surface area contributed by atoms with E-state index in [-0.39, 0.29) is 0 Å². The third kappa shape index (κ3) is 4.79. The van der Waals surface area contributed by atoms with Crippen LogP contribution < -0.4 is 4.74 Å². The molecule has 0 bridgehead atoms. The van der Waals surface area contributed by atoms with E-state index in [1.54, 1.807) is 0 Å². The molecule has 1 aliphatic rings. The first-order chi connectivity index (χ1) is 12.5. The van der Waals surface area contributed by atoms with Gasteiger partial charge in [0.15, 0.2) is 0 Å². The number of hydrogen-bond acceptors (Lipinski definition) is 2. The molecule has 0 saturated carbocycles. The Kier molecular flexibility index (Phi) is 6.20. The Morgan fingerprint density at radius 2 is 1.88 bits per heavy atom. The topological polar surface area (TPSA) is 24.8 Å². The molecule has 3 rings (SSSR count). The Labute approximate surface area is 161 Å². The van der Waals surface area contributed by atoms with Gasteiger partial charge < -0.3 is 9.64 Å². The smallest absolute Gasteiger partial charge is 0.131 e. The van der Waals surface area contributed by atoms with Gasteiger partial charge in [0.25, 0.3) is 0 Å². The second-order valence-corrected chi connectivity index (χ2v) is 7.65. The summed E-state index contributed by atoms with van der Waals surface area (Å²) in [5, 5.41) is 0.610. The summed E-state index contributed by atoms with van der Waals surface area (Å²) in [6.07, 6.45) is 5.71. The predicted molar refractivity (Wildman–Crippen MR) is 110 cm³/mol. The summed E-state index contributed by atoms with van der Waals surface area (Å²) in [6, 6.07) is 12.1. The fourth-order valence-electron chi connectivity index (χ4n) is 3.10. The predicted octanol–water partition coefficient (Wildman–Crippen LogP) is 6.71. The monoisotopic (exact) mass is 370 g/mol. The van der Waals surface area contributed by atoms with Crippen molar-refractivity contribution in [2.24, 2.45) is 4.99 Å². The van der Waals surface area contributed by atoms with Crippen LogP contribution >= 0.6 is 11.6 Å². The molecule has 0 aliphatic carbocycles. The van der Waals surface area contributed by atoms with Crippen molar-refractivity contribution in [3.8, 4) is 11.5 Å². The quantitative estimate of drug-likeness (QED) is 0.431. The second-order valence-electron chi connectivity index (χ2n) is 7.24. The minimum atomic E-state index is 0.467. The van der Waals surface area contributed by atoms with Crippen LogP contribution in [0.1, 0.15) is 50.2 Å². The summed E-state index contributed by atoms with van der Waals surface area (Å²) in [5.41, 5.74) is 3.07. The first kappa shape index (κ1) is 18.8. The molecule has 0 unspecified atom stereocenters. The Hall–Kier alpha value is -2.00. The molecular weight excluding hydrogens is 344 g/mol. The maximum atomic E-state index is 6.45. The Bertz CT molecular complexity index is 780. The van der Waals surface area contributed by atoms with E-state index in [4.69, 9.17) is 16.3 Å². The standard InChI is InChI=1S/C22H27ClN2O/c1-16(2)18-8-7-9-19(13-18)26-22-14-20(23)21(12-17(22)3)24-15-25-10-5-4-6-11-25/h7-9,12-16H,4-6,10-11H2,1-3H3/b24-15+. The molecule has 1 fully saturated rings. The molecule has 138 valence electrons. The average molecular weight is 371 g/mol. The van der Waals surface area contributed by atoms with Gasteiger partial charge in [-0.15, -0.1) is 0 Å². The van der Waals surface area contributed by atoms with E-state index in [0.29, 0.717) is 10.9 Å². The molecule has 0 aromatic heterocycles. The lowest BCUT2D eigenvalue weighted by molar-refractivity contribution is 0.351. The van der Waals surface area contributed by atoms with Crippen LogP contribution in [0.3, 0.4) is 0 Å². The van der Waals surface area contributed by atoms with Crippen LogP contribution in [0.4, 0.5) is 5.69 Å². The van der Waals surface area contributed by atoms with E-state index >= 15 is 0 Å². The van der Waals surface area contributed by atoms with Crippen LogP contribution in [0.25, 0.3) is 0 Å². The zero-order valence-electron chi connectivity index (χ0n) is 15.8. The molecule has 0 amide bonds. The molecule has 3 nitrogen and oxygen atoms in total. The summed E-state index contributed by atoms with van der Waals surface area (Å²) in [6.45, 7) is 8.53. The van der Waals surface area contributed by atoms with Crippen molar-refractivity contribution in [2.75, 3.05) is 13.1 Å². The Morgan fingerprint density at radius 1 is 1.12 bits per heavy atom. The summed E-state index contributed by atoms with van der Waals surface area (Å²) in [7, 11) is 0. The van der Waals surface area contributed by atoms with Gasteiger partial charge >= 0.3 is 0 Å². The first-order valence-corrected chi connectivity index (χ1v) is 9.77. The number of halogens is 1. The van der Waals surface area contributed by atoms with Gasteiger partial charge in [-0.1, -0.05) is 37.6 Å². The van der Waals surface area contributed by atoms with E-state index < -0.39 is 0 Å². The van der Waals surface area contributed by atoms with Gasteiger partial charge in [0.1, 0.15) is 11.5 Å². The van der Waals surface area contributed by atoms with Crippen LogP contribution in [0, 0.1) is 6.92 Å². The molecule has 2 aromatic rings. The van der Waals surface area contributed by atoms with Gasteiger partial charge in [-0.3, -0.25) is 0 Å². The third-order valence-corrected chi connectivity index (χ3v) is 5.05. The van der Waals surface area contributed by atoms with E-state index in [9.17, 15) is 0 Å². The Balaban J connectivity index is 1.76. The molecule has 26 heavy (non-hydrogen) atoms. The van der Waals surface area contributed by atoms with Crippen molar-refractivity contribution in [1.82, 2.24) is 4.90 Å². The maximum Gasteiger partial charge on any atom is 0.131 e. The fourth-order valence-corrected chi connectivity index (χ4v) is 3.30. The van der Waals surface area contributed by atoms with Crippen LogP contribution in [0.15, 0.2) is 41.4 Å². The normalized spacial score (nSPS) is 15.0. The third-order valence-electron chi connectivity index (χ3n) is 4.75. The Morgan fingerprint density at radius 3 is 2.62 bits per heavy atom. The average Bonchev–Trinajstić information content (AvgIpc) is 2.64. The summed E-state index contributed by atoms with van der Waals surface area (Å²) in [4.78, 5) is 6.85. The van der Waals surface area contributed by atoms with Gasteiger partial charge in [0.2, 0.25) is 0 Å². The maximum absolute atomic E-state index is 6.45. The number of hydrogen-bond donors (Lipinski definition) is 0. The number of likely N-dealkylation sites (tertiary alicyclic amines) is 1. The molecule has 1 saturated heterocycles. The number of benzene rings is 2. The van der Waals surface area contributed by atoms with Crippen molar-refractivity contribution in [3.63, 3.8) is 0 Å². The van der Waals surface area contributed by atoms with Crippen molar-refractivity contribution in [1.29, 1.82) is 0 Å². The molecule has 2 aromatic carbocycles. The molecular formula is C22H27ClN2O. The fraction of sp³-hybridized carbons (Fsp3) is 0.409. The minimum absolute atomic E-state index is 0.467. The SMILES string of the molecule is Cc1cc(/N=C/N2CCCCC2)c(Cl)cc1Oc1cccc(C(C)C)c1.